The zero-order chi connectivity index (χ0) is 14.5. The first-order valence-corrected chi connectivity index (χ1v) is 5.67. The summed E-state index contributed by atoms with van der Waals surface area (Å²) in [5.74, 6) is -1.38. The molecule has 1 atom stereocenters. The highest BCUT2D eigenvalue weighted by atomic mass is 19.4. The summed E-state index contributed by atoms with van der Waals surface area (Å²) in [6.07, 6.45) is -4.86. The number of hydrogen-bond acceptors (Lipinski definition) is 3. The molecule has 0 aliphatic heterocycles. The molecular formula is C12H15F4NO2. The van der Waals surface area contributed by atoms with E-state index in [1.807, 2.05) is 0 Å². The van der Waals surface area contributed by atoms with E-state index >= 15 is 0 Å². The van der Waals surface area contributed by atoms with E-state index in [1.54, 1.807) is 6.92 Å². The summed E-state index contributed by atoms with van der Waals surface area (Å²) in [7, 11) is 0. The maximum atomic E-state index is 12.9. The third-order valence-corrected chi connectivity index (χ3v) is 2.37. The Kier molecular flexibility index (Phi) is 5.56. The van der Waals surface area contributed by atoms with E-state index in [1.165, 1.54) is 6.07 Å². The molecule has 0 aliphatic rings. The minimum atomic E-state index is -4.86. The number of alkyl halides is 3. The molecule has 0 fully saturated rings. The van der Waals surface area contributed by atoms with Crippen LogP contribution in [0.2, 0.25) is 0 Å². The second-order valence-corrected chi connectivity index (χ2v) is 4.22. The number of benzene rings is 1. The topological polar surface area (TPSA) is 41.5 Å². The molecule has 3 nitrogen and oxygen atoms in total. The SMILES string of the molecule is CC(CO)CNCc1ccc(F)cc1OC(F)(F)F. The second-order valence-electron chi connectivity index (χ2n) is 4.22. The van der Waals surface area contributed by atoms with Gasteiger partial charge in [0, 0.05) is 31.3 Å². The first-order chi connectivity index (χ1) is 8.81. The van der Waals surface area contributed by atoms with Gasteiger partial charge in [-0.3, -0.25) is 0 Å². The number of ether oxygens (including phenoxy) is 1. The zero-order valence-electron chi connectivity index (χ0n) is 10.3. The molecule has 0 amide bonds. The predicted octanol–water partition coefficient (Wildman–Crippen LogP) is 2.44. The van der Waals surface area contributed by atoms with Gasteiger partial charge in [-0.15, -0.1) is 13.2 Å². The maximum absolute atomic E-state index is 12.9. The van der Waals surface area contributed by atoms with E-state index in [4.69, 9.17) is 5.11 Å². The fraction of sp³-hybridized carbons (Fsp3) is 0.500. The number of hydrogen-bond donors (Lipinski definition) is 2. The summed E-state index contributed by atoms with van der Waals surface area (Å²) in [6, 6.07) is 2.99. The van der Waals surface area contributed by atoms with Gasteiger partial charge < -0.3 is 15.2 Å². The molecule has 7 heteroatoms. The molecule has 108 valence electrons. The van der Waals surface area contributed by atoms with Crippen molar-refractivity contribution in [3.8, 4) is 5.75 Å². The van der Waals surface area contributed by atoms with Crippen molar-refractivity contribution in [3.05, 3.63) is 29.6 Å². The van der Waals surface area contributed by atoms with Gasteiger partial charge in [-0.05, 0) is 12.0 Å². The Morgan fingerprint density at radius 2 is 2.05 bits per heavy atom. The average molecular weight is 281 g/mol. The lowest BCUT2D eigenvalue weighted by atomic mass is 10.1. The van der Waals surface area contributed by atoms with Gasteiger partial charge in [0.15, 0.2) is 0 Å². The van der Waals surface area contributed by atoms with Crippen LogP contribution in [0.4, 0.5) is 17.6 Å². The Morgan fingerprint density at radius 3 is 2.63 bits per heavy atom. The van der Waals surface area contributed by atoms with Gasteiger partial charge in [0.05, 0.1) is 0 Å². The van der Waals surface area contributed by atoms with Gasteiger partial charge in [-0.2, -0.15) is 0 Å². The quantitative estimate of drug-likeness (QED) is 0.787. The molecule has 0 aromatic heterocycles. The van der Waals surface area contributed by atoms with E-state index in [-0.39, 0.29) is 24.6 Å². The first-order valence-electron chi connectivity index (χ1n) is 5.67. The minimum Gasteiger partial charge on any atom is -0.405 e. The molecule has 1 aromatic rings. The van der Waals surface area contributed by atoms with Crippen LogP contribution in [0.3, 0.4) is 0 Å². The van der Waals surface area contributed by atoms with Crippen molar-refractivity contribution >= 4 is 0 Å². The smallest absolute Gasteiger partial charge is 0.405 e. The molecule has 0 spiro atoms. The highest BCUT2D eigenvalue weighted by molar-refractivity contribution is 5.34. The van der Waals surface area contributed by atoms with Crippen LogP contribution in [0.15, 0.2) is 18.2 Å². The Morgan fingerprint density at radius 1 is 1.37 bits per heavy atom. The highest BCUT2D eigenvalue weighted by Crippen LogP contribution is 2.27. The van der Waals surface area contributed by atoms with Gasteiger partial charge in [-0.1, -0.05) is 13.0 Å². The molecule has 19 heavy (non-hydrogen) atoms. The van der Waals surface area contributed by atoms with Gasteiger partial charge in [0.1, 0.15) is 11.6 Å². The Balaban J connectivity index is 2.71. The molecular weight excluding hydrogens is 266 g/mol. The molecule has 0 aliphatic carbocycles. The summed E-state index contributed by atoms with van der Waals surface area (Å²) in [4.78, 5) is 0. The van der Waals surface area contributed by atoms with Crippen molar-refractivity contribution < 1.29 is 27.4 Å². The minimum absolute atomic E-state index is 0.0209. The molecule has 0 heterocycles. The zero-order valence-corrected chi connectivity index (χ0v) is 10.3. The number of aliphatic hydroxyl groups is 1. The van der Waals surface area contributed by atoms with Gasteiger partial charge in [-0.25, -0.2) is 4.39 Å². The summed E-state index contributed by atoms with van der Waals surface area (Å²) >= 11 is 0. The predicted molar refractivity (Wildman–Crippen MR) is 61.0 cm³/mol. The molecule has 0 radical (unpaired) electrons. The molecule has 1 rings (SSSR count). The van der Waals surface area contributed by atoms with Crippen LogP contribution in [0.1, 0.15) is 12.5 Å². The molecule has 0 bridgehead atoms. The van der Waals surface area contributed by atoms with Gasteiger partial charge in [0.25, 0.3) is 0 Å². The summed E-state index contributed by atoms with van der Waals surface area (Å²) in [5.41, 5.74) is 0.198. The first kappa shape index (κ1) is 15.7. The normalized spacial score (nSPS) is 13.4. The molecule has 1 aromatic carbocycles. The molecule has 0 saturated heterocycles. The van der Waals surface area contributed by atoms with Crippen molar-refractivity contribution in [3.63, 3.8) is 0 Å². The van der Waals surface area contributed by atoms with Gasteiger partial charge >= 0.3 is 6.36 Å². The van der Waals surface area contributed by atoms with Crippen LogP contribution >= 0.6 is 0 Å². The van der Waals surface area contributed by atoms with Crippen molar-refractivity contribution in [2.45, 2.75) is 19.8 Å². The standard InChI is InChI=1S/C12H15F4NO2/c1-8(7-18)5-17-6-9-2-3-10(13)4-11(9)19-12(14,15)16/h2-4,8,17-18H,5-7H2,1H3. The lowest BCUT2D eigenvalue weighted by molar-refractivity contribution is -0.275. The average Bonchev–Trinajstić information content (AvgIpc) is 2.29. The Labute approximate surface area is 108 Å². The van der Waals surface area contributed by atoms with E-state index in [9.17, 15) is 17.6 Å². The number of aliphatic hydroxyl groups excluding tert-OH is 1. The number of rotatable bonds is 6. The Bertz CT molecular complexity index is 409. The Hall–Kier alpha value is -1.34. The van der Waals surface area contributed by atoms with E-state index in [0.717, 1.165) is 6.07 Å². The van der Waals surface area contributed by atoms with Crippen LogP contribution in [0, 0.1) is 11.7 Å². The van der Waals surface area contributed by atoms with Crippen LogP contribution in [0.5, 0.6) is 5.75 Å². The molecule has 2 N–H and O–H groups in total. The summed E-state index contributed by atoms with van der Waals surface area (Å²) in [6.45, 7) is 2.28. The summed E-state index contributed by atoms with van der Waals surface area (Å²) in [5, 5.41) is 11.7. The third kappa shape index (κ3) is 5.89. The molecule has 1 unspecified atom stereocenters. The second kappa shape index (κ2) is 6.72. The highest BCUT2D eigenvalue weighted by Gasteiger charge is 2.32. The van der Waals surface area contributed by atoms with Crippen LogP contribution in [-0.4, -0.2) is 24.6 Å². The lowest BCUT2D eigenvalue weighted by Gasteiger charge is -2.15. The molecule has 0 saturated carbocycles. The maximum Gasteiger partial charge on any atom is 0.573 e. The number of nitrogens with one attached hydrogen (secondary N) is 1. The van der Waals surface area contributed by atoms with Gasteiger partial charge in [0.2, 0.25) is 0 Å². The fourth-order valence-corrected chi connectivity index (χ4v) is 1.41. The lowest BCUT2D eigenvalue weighted by Crippen LogP contribution is -2.24. The fourth-order valence-electron chi connectivity index (χ4n) is 1.41. The van der Waals surface area contributed by atoms with Crippen molar-refractivity contribution in [2.75, 3.05) is 13.2 Å². The summed E-state index contributed by atoms with van der Waals surface area (Å²) < 4.78 is 53.2. The largest absolute Gasteiger partial charge is 0.573 e. The van der Waals surface area contributed by atoms with Crippen molar-refractivity contribution in [2.24, 2.45) is 5.92 Å². The third-order valence-electron chi connectivity index (χ3n) is 2.37. The van der Waals surface area contributed by atoms with E-state index in [0.29, 0.717) is 12.6 Å². The van der Waals surface area contributed by atoms with Crippen LogP contribution in [0.25, 0.3) is 0 Å². The number of halogens is 4. The van der Waals surface area contributed by atoms with Crippen molar-refractivity contribution in [1.29, 1.82) is 0 Å². The van der Waals surface area contributed by atoms with Crippen LogP contribution < -0.4 is 10.1 Å². The van der Waals surface area contributed by atoms with Crippen LogP contribution in [-0.2, 0) is 6.54 Å². The van der Waals surface area contributed by atoms with E-state index < -0.39 is 17.9 Å². The monoisotopic (exact) mass is 281 g/mol. The van der Waals surface area contributed by atoms with E-state index in [2.05, 4.69) is 10.1 Å². The van der Waals surface area contributed by atoms with Crippen molar-refractivity contribution in [1.82, 2.24) is 5.32 Å².